The molecular weight excluding hydrogens is 396 g/mol. The van der Waals surface area contributed by atoms with Crippen LogP contribution in [-0.4, -0.2) is 26.6 Å². The lowest BCUT2D eigenvalue weighted by Crippen LogP contribution is -2.29. The summed E-state index contributed by atoms with van der Waals surface area (Å²) in [6.45, 7) is 2.94. The second-order valence-corrected chi connectivity index (χ2v) is 8.34. The Morgan fingerprint density at radius 1 is 1.10 bits per heavy atom. The highest BCUT2D eigenvalue weighted by Crippen LogP contribution is 2.21. The summed E-state index contributed by atoms with van der Waals surface area (Å²) in [7, 11) is 1.75. The van der Waals surface area contributed by atoms with Gasteiger partial charge in [0, 0.05) is 37.5 Å². The molecule has 6 nitrogen and oxygen atoms in total. The van der Waals surface area contributed by atoms with Crippen molar-refractivity contribution in [3.05, 3.63) is 75.0 Å². The van der Waals surface area contributed by atoms with E-state index in [-0.39, 0.29) is 18.0 Å². The van der Waals surface area contributed by atoms with Gasteiger partial charge in [0.25, 0.3) is 0 Å². The quantitative estimate of drug-likeness (QED) is 0.497. The summed E-state index contributed by atoms with van der Waals surface area (Å²) in [5, 5.41) is 6.07. The Kier molecular flexibility index (Phi) is 5.81. The van der Waals surface area contributed by atoms with Crippen LogP contribution < -0.4 is 11.0 Å². The number of hydrogen-bond acceptors (Lipinski definition) is 4. The highest BCUT2D eigenvalue weighted by Gasteiger charge is 2.11. The lowest BCUT2D eigenvalue weighted by molar-refractivity contribution is -0.121. The van der Waals surface area contributed by atoms with Gasteiger partial charge in [-0.1, -0.05) is 36.4 Å². The molecule has 0 radical (unpaired) electrons. The van der Waals surface area contributed by atoms with Gasteiger partial charge >= 0.3 is 5.69 Å². The maximum Gasteiger partial charge on any atom is 0.328 e. The van der Waals surface area contributed by atoms with Crippen molar-refractivity contribution in [1.82, 2.24) is 19.4 Å². The number of aromatic nitrogens is 3. The zero-order valence-electron chi connectivity index (χ0n) is 17.1. The van der Waals surface area contributed by atoms with E-state index in [9.17, 15) is 9.59 Å². The number of carbonyl (C=O) groups excluding carboxylic acids is 1. The number of nitrogens with zero attached hydrogens (tertiary/aromatic N) is 3. The number of benzene rings is 2. The van der Waals surface area contributed by atoms with E-state index < -0.39 is 0 Å². The highest BCUT2D eigenvalue weighted by atomic mass is 32.1. The molecule has 0 aliphatic rings. The maximum absolute atomic E-state index is 12.4. The van der Waals surface area contributed by atoms with Crippen LogP contribution in [0.25, 0.3) is 22.3 Å². The first-order valence-corrected chi connectivity index (χ1v) is 10.8. The van der Waals surface area contributed by atoms with Gasteiger partial charge in [-0.15, -0.1) is 11.3 Å². The number of fused-ring (bicyclic) bond motifs is 1. The molecule has 7 heteroatoms. The summed E-state index contributed by atoms with van der Waals surface area (Å²) in [6.07, 6.45) is 1.03. The topological polar surface area (TPSA) is 68.9 Å². The Bertz CT molecular complexity index is 1230. The van der Waals surface area contributed by atoms with E-state index >= 15 is 0 Å². The molecule has 0 fully saturated rings. The lowest BCUT2D eigenvalue weighted by Gasteiger charge is -2.07. The Morgan fingerprint density at radius 3 is 2.53 bits per heavy atom. The standard InChI is InChI=1S/C23H24N4O2S/c1-16-25-19(15-30-16)18-9-7-17(8-10-18)11-13-24-22(28)12-14-27-21-6-4-3-5-20(21)26(2)23(27)29/h3-10,15H,11-14H2,1-2H3,(H,24,28). The Labute approximate surface area is 178 Å². The molecule has 0 unspecified atom stereocenters. The third-order valence-electron chi connectivity index (χ3n) is 5.22. The molecule has 1 N–H and O–H groups in total. The molecule has 0 bridgehead atoms. The fourth-order valence-corrected chi connectivity index (χ4v) is 4.19. The number of aryl methyl sites for hydroxylation is 3. The van der Waals surface area contributed by atoms with Gasteiger partial charge in [-0.3, -0.25) is 13.9 Å². The number of thiazole rings is 1. The van der Waals surface area contributed by atoms with Gasteiger partial charge in [-0.05, 0) is 31.0 Å². The summed E-state index contributed by atoms with van der Waals surface area (Å²) in [5.74, 6) is -0.0515. The molecule has 4 rings (SSSR count). The summed E-state index contributed by atoms with van der Waals surface area (Å²) in [5.41, 5.74) is 4.90. The number of amides is 1. The van der Waals surface area contributed by atoms with Gasteiger partial charge in [-0.2, -0.15) is 0 Å². The van der Waals surface area contributed by atoms with Crippen molar-refractivity contribution in [3.8, 4) is 11.3 Å². The second-order valence-electron chi connectivity index (χ2n) is 7.28. The molecule has 30 heavy (non-hydrogen) atoms. The zero-order chi connectivity index (χ0) is 21.1. The number of carbonyl (C=O) groups is 1. The van der Waals surface area contributed by atoms with E-state index in [0.717, 1.165) is 39.3 Å². The molecule has 0 spiro atoms. The lowest BCUT2D eigenvalue weighted by atomic mass is 10.1. The van der Waals surface area contributed by atoms with Crippen LogP contribution in [0.2, 0.25) is 0 Å². The van der Waals surface area contributed by atoms with Crippen LogP contribution in [-0.2, 0) is 24.8 Å². The monoisotopic (exact) mass is 420 g/mol. The van der Waals surface area contributed by atoms with Crippen molar-refractivity contribution in [2.24, 2.45) is 7.05 Å². The van der Waals surface area contributed by atoms with Gasteiger partial charge in [0.1, 0.15) is 0 Å². The van der Waals surface area contributed by atoms with Gasteiger partial charge in [0.2, 0.25) is 5.91 Å². The van der Waals surface area contributed by atoms with Gasteiger partial charge in [0.05, 0.1) is 21.7 Å². The molecule has 0 aliphatic carbocycles. The van der Waals surface area contributed by atoms with Gasteiger partial charge in [0.15, 0.2) is 0 Å². The Morgan fingerprint density at radius 2 is 1.83 bits per heavy atom. The molecule has 0 saturated carbocycles. The predicted octanol–water partition coefficient (Wildman–Crippen LogP) is 3.52. The Balaban J connectivity index is 1.29. The SMILES string of the molecule is Cc1nc(-c2ccc(CCNC(=O)CCn3c(=O)n(C)c4ccccc43)cc2)cs1. The van der Waals surface area contributed by atoms with E-state index in [4.69, 9.17) is 0 Å². The van der Waals surface area contributed by atoms with Gasteiger partial charge < -0.3 is 5.32 Å². The molecule has 0 atom stereocenters. The number of para-hydroxylation sites is 2. The minimum Gasteiger partial charge on any atom is -0.356 e. The molecular formula is C23H24N4O2S. The van der Waals surface area contributed by atoms with Crippen molar-refractivity contribution in [2.75, 3.05) is 6.54 Å². The van der Waals surface area contributed by atoms with Crippen LogP contribution in [0.15, 0.2) is 58.7 Å². The van der Waals surface area contributed by atoms with E-state index in [2.05, 4.69) is 39.9 Å². The minimum absolute atomic E-state index is 0.0515. The average Bonchev–Trinajstić information content (AvgIpc) is 3.29. The second kappa shape index (κ2) is 8.67. The third-order valence-corrected chi connectivity index (χ3v) is 5.99. The van der Waals surface area contributed by atoms with E-state index in [1.807, 2.05) is 31.2 Å². The number of rotatable bonds is 7. The summed E-state index contributed by atoms with van der Waals surface area (Å²) in [6, 6.07) is 15.9. The molecule has 2 heterocycles. The van der Waals surface area contributed by atoms with Crippen LogP contribution in [0.3, 0.4) is 0 Å². The zero-order valence-corrected chi connectivity index (χ0v) is 17.9. The molecule has 2 aromatic carbocycles. The maximum atomic E-state index is 12.4. The van der Waals surface area contributed by atoms with Crippen molar-refractivity contribution in [3.63, 3.8) is 0 Å². The molecule has 0 aliphatic heterocycles. The first kappa shape index (κ1) is 20.1. The molecule has 4 aromatic rings. The molecule has 0 saturated heterocycles. The van der Waals surface area contributed by atoms with Gasteiger partial charge in [-0.25, -0.2) is 9.78 Å². The number of nitrogens with one attached hydrogen (secondary N) is 1. The van der Waals surface area contributed by atoms with Crippen molar-refractivity contribution >= 4 is 28.3 Å². The summed E-state index contributed by atoms with van der Waals surface area (Å²) in [4.78, 5) is 29.2. The first-order chi connectivity index (χ1) is 14.5. The van der Waals surface area contributed by atoms with Crippen LogP contribution in [0.4, 0.5) is 0 Å². The fraction of sp³-hybridized carbons (Fsp3) is 0.261. The van der Waals surface area contributed by atoms with E-state index in [1.54, 1.807) is 27.5 Å². The van der Waals surface area contributed by atoms with Crippen molar-refractivity contribution in [2.45, 2.75) is 26.3 Å². The predicted molar refractivity (Wildman–Crippen MR) is 121 cm³/mol. The van der Waals surface area contributed by atoms with Crippen LogP contribution in [0.5, 0.6) is 0 Å². The molecule has 1 amide bonds. The highest BCUT2D eigenvalue weighted by molar-refractivity contribution is 7.09. The van der Waals surface area contributed by atoms with E-state index in [1.165, 1.54) is 0 Å². The van der Waals surface area contributed by atoms with Crippen molar-refractivity contribution in [1.29, 1.82) is 0 Å². The molecule has 2 aromatic heterocycles. The molecule has 154 valence electrons. The van der Waals surface area contributed by atoms with Crippen molar-refractivity contribution < 1.29 is 4.79 Å². The number of imidazole rings is 1. The first-order valence-electron chi connectivity index (χ1n) is 9.95. The van der Waals surface area contributed by atoms with Crippen LogP contribution >= 0.6 is 11.3 Å². The largest absolute Gasteiger partial charge is 0.356 e. The fourth-order valence-electron chi connectivity index (χ4n) is 3.57. The average molecular weight is 421 g/mol. The smallest absolute Gasteiger partial charge is 0.328 e. The Hall–Kier alpha value is -3.19. The number of hydrogen-bond donors (Lipinski definition) is 1. The van der Waals surface area contributed by atoms with E-state index in [0.29, 0.717) is 13.1 Å². The van der Waals surface area contributed by atoms with Crippen LogP contribution in [0, 0.1) is 6.92 Å². The minimum atomic E-state index is -0.0978. The summed E-state index contributed by atoms with van der Waals surface area (Å²) < 4.78 is 3.28. The third kappa shape index (κ3) is 4.21. The van der Waals surface area contributed by atoms with Crippen LogP contribution in [0.1, 0.15) is 17.0 Å². The normalized spacial score (nSPS) is 11.1. The summed E-state index contributed by atoms with van der Waals surface area (Å²) >= 11 is 1.64.